The van der Waals surface area contributed by atoms with E-state index >= 15 is 0 Å². The highest BCUT2D eigenvalue weighted by Crippen LogP contribution is 2.28. The number of benzene rings is 1. The molecular formula is C17H16N4O4S. The van der Waals surface area contributed by atoms with Gasteiger partial charge in [0.15, 0.2) is 11.5 Å². The molecule has 0 unspecified atom stereocenters. The van der Waals surface area contributed by atoms with Crippen LogP contribution >= 0.6 is 11.8 Å². The Balaban J connectivity index is 2.39. The second-order valence-electron chi connectivity index (χ2n) is 5.72. The van der Waals surface area contributed by atoms with E-state index in [0.29, 0.717) is 11.4 Å². The number of thioether (sulfide) groups is 1. The molecule has 2 heterocycles. The van der Waals surface area contributed by atoms with Crippen LogP contribution in [0, 0.1) is 0 Å². The van der Waals surface area contributed by atoms with Crippen LogP contribution in [-0.4, -0.2) is 35.4 Å². The zero-order valence-electron chi connectivity index (χ0n) is 14.3. The van der Waals surface area contributed by atoms with E-state index in [9.17, 15) is 19.5 Å². The molecule has 8 nitrogen and oxygen atoms in total. The van der Waals surface area contributed by atoms with E-state index < -0.39 is 22.5 Å². The molecule has 3 aromatic rings. The third-order valence-corrected chi connectivity index (χ3v) is 5.01. The smallest absolute Gasteiger partial charge is 0.332 e. The van der Waals surface area contributed by atoms with Gasteiger partial charge in [0.2, 0.25) is 0 Å². The molecule has 0 amide bonds. The minimum Gasteiger partial charge on any atom is -0.480 e. The summed E-state index contributed by atoms with van der Waals surface area (Å²) in [5.41, 5.74) is -0.190. The lowest BCUT2D eigenvalue weighted by Gasteiger charge is -2.13. The molecule has 0 aliphatic rings. The molecule has 1 atom stereocenters. The quantitative estimate of drug-likeness (QED) is 0.543. The van der Waals surface area contributed by atoms with Crippen molar-refractivity contribution >= 4 is 28.8 Å². The fraction of sp³-hybridized carbons (Fsp3) is 0.235. The van der Waals surface area contributed by atoms with Crippen LogP contribution in [-0.2, 0) is 18.9 Å². The third-order valence-electron chi connectivity index (χ3n) is 3.93. The number of aryl methyl sites for hydroxylation is 1. The van der Waals surface area contributed by atoms with Gasteiger partial charge in [0, 0.05) is 19.7 Å². The molecule has 26 heavy (non-hydrogen) atoms. The van der Waals surface area contributed by atoms with Crippen LogP contribution < -0.4 is 11.2 Å². The van der Waals surface area contributed by atoms with Gasteiger partial charge in [-0.15, -0.1) is 0 Å². The summed E-state index contributed by atoms with van der Waals surface area (Å²) in [6.07, 6.45) is 0. The number of nitrogens with zero attached hydrogens (tertiary/aromatic N) is 4. The number of carboxylic acid groups (broad SMARTS) is 1. The molecule has 0 aliphatic heterocycles. The molecule has 1 N–H and O–H groups in total. The first kappa shape index (κ1) is 17.9. The number of rotatable bonds is 4. The van der Waals surface area contributed by atoms with Gasteiger partial charge in [-0.2, -0.15) is 0 Å². The molecule has 1 aromatic carbocycles. The van der Waals surface area contributed by atoms with Crippen LogP contribution in [0.3, 0.4) is 0 Å². The highest BCUT2D eigenvalue weighted by Gasteiger charge is 2.22. The van der Waals surface area contributed by atoms with E-state index in [0.717, 1.165) is 16.3 Å². The predicted octanol–water partition coefficient (Wildman–Crippen LogP) is 1.26. The van der Waals surface area contributed by atoms with Crippen LogP contribution in [0.15, 0.2) is 44.9 Å². The first-order chi connectivity index (χ1) is 12.3. The first-order valence-electron chi connectivity index (χ1n) is 7.74. The second-order valence-corrected chi connectivity index (χ2v) is 7.05. The largest absolute Gasteiger partial charge is 0.480 e. The first-order valence-corrected chi connectivity index (χ1v) is 8.62. The summed E-state index contributed by atoms with van der Waals surface area (Å²) in [6.45, 7) is 1.51. The van der Waals surface area contributed by atoms with Crippen LogP contribution in [0.4, 0.5) is 0 Å². The summed E-state index contributed by atoms with van der Waals surface area (Å²) in [7, 11) is 2.88. The average molecular weight is 372 g/mol. The number of carboxylic acids is 1. The maximum atomic E-state index is 12.6. The zero-order valence-corrected chi connectivity index (χ0v) is 15.1. The van der Waals surface area contributed by atoms with Gasteiger partial charge in [0.05, 0.1) is 0 Å². The van der Waals surface area contributed by atoms with Crippen molar-refractivity contribution in [1.29, 1.82) is 0 Å². The van der Waals surface area contributed by atoms with Gasteiger partial charge in [-0.1, -0.05) is 42.1 Å². The summed E-state index contributed by atoms with van der Waals surface area (Å²) in [4.78, 5) is 45.0. The monoisotopic (exact) mass is 372 g/mol. The normalized spacial score (nSPS) is 12.3. The fourth-order valence-corrected chi connectivity index (χ4v) is 3.32. The number of carbonyl (C=O) groups is 1. The maximum Gasteiger partial charge on any atom is 0.332 e. The number of aromatic nitrogens is 4. The standard InChI is InChI=1S/C17H16N4O4S/c1-9(16(23)24)26-14-11-13(20(2)17(25)21(3)15(11)22)18-12(19-14)10-7-5-4-6-8-10/h4-9H,1-3H3,(H,23,24)/t9-/m0/s1. The molecule has 0 saturated carbocycles. The van der Waals surface area contributed by atoms with Crippen molar-refractivity contribution in [2.45, 2.75) is 17.2 Å². The van der Waals surface area contributed by atoms with E-state index in [-0.39, 0.29) is 16.1 Å². The summed E-state index contributed by atoms with van der Waals surface area (Å²) in [6, 6.07) is 9.08. The van der Waals surface area contributed by atoms with Crippen molar-refractivity contribution in [2.75, 3.05) is 0 Å². The lowest BCUT2D eigenvalue weighted by molar-refractivity contribution is -0.136. The Kier molecular flexibility index (Phi) is 4.64. The van der Waals surface area contributed by atoms with Crippen molar-refractivity contribution in [1.82, 2.24) is 19.1 Å². The Morgan fingerprint density at radius 2 is 1.77 bits per heavy atom. The van der Waals surface area contributed by atoms with Gasteiger partial charge in [0.1, 0.15) is 15.7 Å². The topological polar surface area (TPSA) is 107 Å². The maximum absolute atomic E-state index is 12.6. The van der Waals surface area contributed by atoms with Gasteiger partial charge in [-0.3, -0.25) is 18.7 Å². The molecule has 3 rings (SSSR count). The average Bonchev–Trinajstić information content (AvgIpc) is 2.64. The van der Waals surface area contributed by atoms with E-state index in [1.54, 1.807) is 12.1 Å². The van der Waals surface area contributed by atoms with E-state index in [4.69, 9.17) is 0 Å². The number of hydrogen-bond acceptors (Lipinski definition) is 6. The summed E-state index contributed by atoms with van der Waals surface area (Å²) >= 11 is 0.948. The Hall–Kier alpha value is -2.94. The van der Waals surface area contributed by atoms with E-state index in [2.05, 4.69) is 9.97 Å². The third kappa shape index (κ3) is 3.01. The van der Waals surface area contributed by atoms with Crippen molar-refractivity contribution < 1.29 is 9.90 Å². The summed E-state index contributed by atoms with van der Waals surface area (Å²) < 4.78 is 2.23. The highest BCUT2D eigenvalue weighted by atomic mass is 32.2. The van der Waals surface area contributed by atoms with Gasteiger partial charge in [-0.05, 0) is 6.92 Å². The molecule has 2 aromatic heterocycles. The fourth-order valence-electron chi connectivity index (χ4n) is 2.45. The van der Waals surface area contributed by atoms with E-state index in [1.165, 1.54) is 25.6 Å². The van der Waals surface area contributed by atoms with Crippen LogP contribution in [0.5, 0.6) is 0 Å². The number of aliphatic carboxylic acids is 1. The van der Waals surface area contributed by atoms with Crippen molar-refractivity contribution in [3.05, 3.63) is 51.2 Å². The molecule has 0 bridgehead atoms. The number of hydrogen-bond donors (Lipinski definition) is 1. The lowest BCUT2D eigenvalue weighted by atomic mass is 10.2. The molecule has 0 spiro atoms. The Morgan fingerprint density at radius 3 is 2.38 bits per heavy atom. The van der Waals surface area contributed by atoms with Gasteiger partial charge in [0.25, 0.3) is 5.56 Å². The highest BCUT2D eigenvalue weighted by molar-refractivity contribution is 8.00. The SMILES string of the molecule is C[C@H](Sc1nc(-c2ccccc2)nc2c1c(=O)n(C)c(=O)n2C)C(=O)O. The van der Waals surface area contributed by atoms with Crippen molar-refractivity contribution in [2.24, 2.45) is 14.1 Å². The van der Waals surface area contributed by atoms with Gasteiger partial charge < -0.3 is 5.11 Å². The molecule has 134 valence electrons. The Bertz CT molecular complexity index is 1120. The molecule has 0 aliphatic carbocycles. The predicted molar refractivity (Wildman–Crippen MR) is 98.4 cm³/mol. The molecular weight excluding hydrogens is 356 g/mol. The van der Waals surface area contributed by atoms with Crippen molar-refractivity contribution in [3.63, 3.8) is 0 Å². The molecule has 0 fully saturated rings. The van der Waals surface area contributed by atoms with Crippen molar-refractivity contribution in [3.8, 4) is 11.4 Å². The van der Waals surface area contributed by atoms with Crippen LogP contribution in [0.1, 0.15) is 6.92 Å². The van der Waals surface area contributed by atoms with Gasteiger partial charge >= 0.3 is 11.7 Å². The summed E-state index contributed by atoms with van der Waals surface area (Å²) in [5, 5.41) is 8.77. The summed E-state index contributed by atoms with van der Waals surface area (Å²) in [5.74, 6) is -0.703. The Labute approximate surface area is 152 Å². The second kappa shape index (κ2) is 6.75. The number of fused-ring (bicyclic) bond motifs is 1. The lowest BCUT2D eigenvalue weighted by Crippen LogP contribution is -2.37. The Morgan fingerprint density at radius 1 is 1.12 bits per heavy atom. The van der Waals surface area contributed by atoms with Crippen LogP contribution in [0.25, 0.3) is 22.4 Å². The van der Waals surface area contributed by atoms with E-state index in [1.807, 2.05) is 18.2 Å². The van der Waals surface area contributed by atoms with Crippen LogP contribution in [0.2, 0.25) is 0 Å². The van der Waals surface area contributed by atoms with Gasteiger partial charge in [-0.25, -0.2) is 14.8 Å². The molecule has 9 heteroatoms. The molecule has 0 radical (unpaired) electrons. The zero-order chi connectivity index (χ0) is 19.0. The molecule has 0 saturated heterocycles. The minimum absolute atomic E-state index is 0.132. The minimum atomic E-state index is -1.02.